The number of nitrogens with zero attached hydrogens (tertiary/aromatic N) is 3. The molecule has 4 nitrogen and oxygen atoms in total. The monoisotopic (exact) mass is 258 g/mol. The Balaban J connectivity index is 3.18. The molecule has 5 heteroatoms. The Labute approximate surface area is 109 Å². The molecule has 0 aliphatic heterocycles. The second-order valence-corrected chi connectivity index (χ2v) is 5.45. The summed E-state index contributed by atoms with van der Waals surface area (Å²) in [5, 5.41) is 8.44. The van der Waals surface area contributed by atoms with Gasteiger partial charge in [-0.25, -0.2) is 0 Å². The molecule has 0 saturated heterocycles. The van der Waals surface area contributed by atoms with Gasteiger partial charge < -0.3 is 10.2 Å². The van der Waals surface area contributed by atoms with Crippen molar-refractivity contribution in [3.8, 4) is 0 Å². The number of hydrogen-bond donors (Lipinski definition) is 1. The minimum absolute atomic E-state index is 0.0482. The van der Waals surface area contributed by atoms with Crippen LogP contribution < -0.4 is 5.32 Å². The van der Waals surface area contributed by atoms with E-state index in [-0.39, 0.29) is 11.6 Å². The van der Waals surface area contributed by atoms with Gasteiger partial charge in [0.05, 0.1) is 23.0 Å². The quantitative estimate of drug-likeness (QED) is 0.878. The van der Waals surface area contributed by atoms with Gasteiger partial charge in [-0.1, -0.05) is 18.5 Å². The Morgan fingerprint density at radius 2 is 2.12 bits per heavy atom. The predicted molar refractivity (Wildman–Crippen MR) is 72.4 cm³/mol. The van der Waals surface area contributed by atoms with Gasteiger partial charge >= 0.3 is 0 Å². The first-order valence-electron chi connectivity index (χ1n) is 5.90. The van der Waals surface area contributed by atoms with E-state index in [1.807, 2.05) is 11.7 Å². The largest absolute Gasteiger partial charge is 0.307 e. The molecule has 98 valence electrons. The molecule has 0 saturated carbocycles. The number of halogens is 1. The van der Waals surface area contributed by atoms with E-state index in [2.05, 4.69) is 50.2 Å². The molecule has 0 spiro atoms. The van der Waals surface area contributed by atoms with Gasteiger partial charge in [-0.3, -0.25) is 4.68 Å². The first-order valence-corrected chi connectivity index (χ1v) is 6.28. The van der Waals surface area contributed by atoms with E-state index in [0.717, 1.165) is 12.2 Å². The molecule has 1 rings (SSSR count). The summed E-state index contributed by atoms with van der Waals surface area (Å²) in [5.74, 6) is 0. The molecule has 0 aliphatic rings. The van der Waals surface area contributed by atoms with Crippen LogP contribution in [0.5, 0.6) is 0 Å². The lowest BCUT2D eigenvalue weighted by Crippen LogP contribution is -2.50. The van der Waals surface area contributed by atoms with Crippen molar-refractivity contribution < 1.29 is 0 Å². The number of hydrogen-bond acceptors (Lipinski definition) is 3. The Bertz CT molecular complexity index is 351. The van der Waals surface area contributed by atoms with E-state index in [4.69, 9.17) is 11.6 Å². The standard InChI is InChI=1S/C12H23ClN4/c1-7-14-11(12(2,3)16(4)5)10-9(13)8-15-17(10)6/h8,11,14H,7H2,1-6H3. The van der Waals surface area contributed by atoms with Crippen LogP contribution in [-0.4, -0.2) is 40.9 Å². The van der Waals surface area contributed by atoms with Gasteiger partial charge in [-0.2, -0.15) is 5.10 Å². The Morgan fingerprint density at radius 3 is 2.47 bits per heavy atom. The SMILES string of the molecule is CCNC(c1c(Cl)cnn1C)C(C)(C)N(C)C. The highest BCUT2D eigenvalue weighted by molar-refractivity contribution is 6.31. The van der Waals surface area contributed by atoms with Gasteiger partial charge in [0.15, 0.2) is 0 Å². The molecule has 1 heterocycles. The molecule has 0 amide bonds. The molecule has 1 atom stereocenters. The van der Waals surface area contributed by atoms with Gasteiger partial charge in [-0.15, -0.1) is 0 Å². The number of aromatic nitrogens is 2. The highest BCUT2D eigenvalue weighted by Crippen LogP contribution is 2.33. The molecule has 0 radical (unpaired) electrons. The van der Waals surface area contributed by atoms with Gasteiger partial charge in [0.2, 0.25) is 0 Å². The van der Waals surface area contributed by atoms with Crippen LogP contribution >= 0.6 is 11.6 Å². The van der Waals surface area contributed by atoms with Crippen molar-refractivity contribution in [2.75, 3.05) is 20.6 Å². The normalized spacial score (nSPS) is 14.4. The minimum Gasteiger partial charge on any atom is -0.307 e. The maximum Gasteiger partial charge on any atom is 0.0834 e. The molecule has 1 N–H and O–H groups in total. The lowest BCUT2D eigenvalue weighted by atomic mass is 9.90. The van der Waals surface area contributed by atoms with Crippen LogP contribution in [0.2, 0.25) is 5.02 Å². The summed E-state index contributed by atoms with van der Waals surface area (Å²) >= 11 is 6.24. The van der Waals surface area contributed by atoms with Gasteiger partial charge in [0, 0.05) is 12.6 Å². The maximum atomic E-state index is 6.24. The summed E-state index contributed by atoms with van der Waals surface area (Å²) in [6.07, 6.45) is 1.70. The smallest absolute Gasteiger partial charge is 0.0834 e. The maximum absolute atomic E-state index is 6.24. The number of nitrogens with one attached hydrogen (secondary N) is 1. The fourth-order valence-corrected chi connectivity index (χ4v) is 2.16. The summed E-state index contributed by atoms with van der Waals surface area (Å²) in [7, 11) is 6.08. The molecule has 0 aromatic carbocycles. The Kier molecular flexibility index (Phi) is 4.58. The van der Waals surface area contributed by atoms with Gasteiger partial charge in [-0.05, 0) is 34.5 Å². The summed E-state index contributed by atoms with van der Waals surface area (Å²) in [4.78, 5) is 2.20. The van der Waals surface area contributed by atoms with Crippen molar-refractivity contribution in [3.63, 3.8) is 0 Å². The fraction of sp³-hybridized carbons (Fsp3) is 0.750. The van der Waals surface area contributed by atoms with Crippen molar-refractivity contribution in [2.24, 2.45) is 7.05 Å². The lowest BCUT2D eigenvalue weighted by Gasteiger charge is -2.40. The topological polar surface area (TPSA) is 33.1 Å². The van der Waals surface area contributed by atoms with Gasteiger partial charge in [0.25, 0.3) is 0 Å². The second kappa shape index (κ2) is 5.38. The molecular formula is C12H23ClN4. The van der Waals surface area contributed by atoms with Crippen LogP contribution in [0.3, 0.4) is 0 Å². The third-order valence-electron chi connectivity index (χ3n) is 3.48. The minimum atomic E-state index is -0.0482. The summed E-state index contributed by atoms with van der Waals surface area (Å²) in [6, 6.07) is 0.141. The average Bonchev–Trinajstić information content (AvgIpc) is 2.55. The summed E-state index contributed by atoms with van der Waals surface area (Å²) in [6.45, 7) is 7.39. The zero-order chi connectivity index (χ0) is 13.2. The van der Waals surface area contributed by atoms with Crippen molar-refractivity contribution in [3.05, 3.63) is 16.9 Å². The first-order chi connectivity index (χ1) is 7.82. The molecule has 0 aliphatic carbocycles. The third kappa shape index (κ3) is 2.81. The van der Waals surface area contributed by atoms with Crippen LogP contribution in [0.1, 0.15) is 32.5 Å². The van der Waals surface area contributed by atoms with E-state index < -0.39 is 0 Å². The van der Waals surface area contributed by atoms with E-state index in [1.165, 1.54) is 0 Å². The average molecular weight is 259 g/mol. The number of aryl methyl sites for hydroxylation is 1. The van der Waals surface area contributed by atoms with Crippen LogP contribution in [-0.2, 0) is 7.05 Å². The Hall–Kier alpha value is -0.580. The molecule has 1 unspecified atom stereocenters. The molecule has 1 aromatic rings. The molecular weight excluding hydrogens is 236 g/mol. The second-order valence-electron chi connectivity index (χ2n) is 5.04. The molecule has 1 aromatic heterocycles. The van der Waals surface area contributed by atoms with Crippen molar-refractivity contribution in [1.29, 1.82) is 0 Å². The fourth-order valence-electron chi connectivity index (χ4n) is 1.89. The highest BCUT2D eigenvalue weighted by atomic mass is 35.5. The van der Waals surface area contributed by atoms with Crippen molar-refractivity contribution >= 4 is 11.6 Å². The van der Waals surface area contributed by atoms with Crippen LogP contribution in [0, 0.1) is 0 Å². The van der Waals surface area contributed by atoms with Gasteiger partial charge in [0.1, 0.15) is 0 Å². The van der Waals surface area contributed by atoms with E-state index in [9.17, 15) is 0 Å². The summed E-state index contributed by atoms with van der Waals surface area (Å²) < 4.78 is 1.85. The zero-order valence-corrected chi connectivity index (χ0v) is 12.3. The van der Waals surface area contributed by atoms with E-state index >= 15 is 0 Å². The third-order valence-corrected chi connectivity index (χ3v) is 3.77. The van der Waals surface area contributed by atoms with Crippen molar-refractivity contribution in [2.45, 2.75) is 32.4 Å². The highest BCUT2D eigenvalue weighted by Gasteiger charge is 2.35. The molecule has 17 heavy (non-hydrogen) atoms. The summed E-state index contributed by atoms with van der Waals surface area (Å²) in [5.41, 5.74) is 0.986. The van der Waals surface area contributed by atoms with Crippen LogP contribution in [0.25, 0.3) is 0 Å². The van der Waals surface area contributed by atoms with Crippen LogP contribution in [0.15, 0.2) is 6.20 Å². The molecule has 0 fully saturated rings. The number of likely N-dealkylation sites (N-methyl/N-ethyl adjacent to an activating group) is 2. The number of rotatable bonds is 5. The molecule has 0 bridgehead atoms. The van der Waals surface area contributed by atoms with Crippen molar-refractivity contribution in [1.82, 2.24) is 20.0 Å². The zero-order valence-electron chi connectivity index (χ0n) is 11.6. The lowest BCUT2D eigenvalue weighted by molar-refractivity contribution is 0.134. The van der Waals surface area contributed by atoms with E-state index in [0.29, 0.717) is 5.02 Å². The predicted octanol–water partition coefficient (Wildman–Crippen LogP) is 2.06. The first kappa shape index (κ1) is 14.5. The van der Waals surface area contributed by atoms with E-state index in [1.54, 1.807) is 6.20 Å². The Morgan fingerprint density at radius 1 is 1.53 bits per heavy atom. The van der Waals surface area contributed by atoms with Crippen LogP contribution in [0.4, 0.5) is 0 Å².